The minimum absolute atomic E-state index is 0.759. The normalized spacial score (nSPS) is 25.1. The van der Waals surface area contributed by atoms with Gasteiger partial charge in [0, 0.05) is 38.8 Å². The smallest absolute Gasteiger partial charge is 0.193 e. The second kappa shape index (κ2) is 9.09. The van der Waals surface area contributed by atoms with Gasteiger partial charge in [0.05, 0.1) is 0 Å². The monoisotopic (exact) mass is 368 g/mol. The average molecular weight is 369 g/mol. The summed E-state index contributed by atoms with van der Waals surface area (Å²) in [5.41, 5.74) is 1.48. The zero-order valence-corrected chi connectivity index (χ0v) is 16.9. The molecule has 4 nitrogen and oxygen atoms in total. The van der Waals surface area contributed by atoms with E-state index < -0.39 is 0 Å². The van der Waals surface area contributed by atoms with Crippen LogP contribution in [0.15, 0.2) is 35.3 Å². The average Bonchev–Trinajstić information content (AvgIpc) is 3.45. The molecule has 0 bridgehead atoms. The first-order valence-electron chi connectivity index (χ1n) is 11.1. The van der Waals surface area contributed by atoms with E-state index >= 15 is 0 Å². The lowest BCUT2D eigenvalue weighted by molar-refractivity contribution is 0.258. The number of benzene rings is 1. The molecule has 2 saturated heterocycles. The lowest BCUT2D eigenvalue weighted by atomic mass is 9.90. The first-order chi connectivity index (χ1) is 13.3. The highest BCUT2D eigenvalue weighted by Gasteiger charge is 2.34. The van der Waals surface area contributed by atoms with E-state index in [4.69, 9.17) is 4.99 Å². The summed E-state index contributed by atoms with van der Waals surface area (Å²) in [5.74, 6) is 2.73. The Morgan fingerprint density at radius 2 is 1.74 bits per heavy atom. The van der Waals surface area contributed by atoms with Crippen molar-refractivity contribution in [3.63, 3.8) is 0 Å². The van der Waals surface area contributed by atoms with Gasteiger partial charge in [-0.2, -0.15) is 0 Å². The summed E-state index contributed by atoms with van der Waals surface area (Å²) in [6.07, 6.45) is 7.96. The van der Waals surface area contributed by atoms with Crippen LogP contribution in [0.5, 0.6) is 0 Å². The molecule has 3 aliphatic rings. The van der Waals surface area contributed by atoms with Crippen molar-refractivity contribution in [2.24, 2.45) is 16.8 Å². The van der Waals surface area contributed by atoms with Gasteiger partial charge in [0.25, 0.3) is 0 Å². The van der Waals surface area contributed by atoms with Crippen LogP contribution in [0, 0.1) is 11.8 Å². The molecule has 2 aliphatic heterocycles. The number of likely N-dealkylation sites (tertiary alicyclic amines) is 2. The third-order valence-corrected chi connectivity index (χ3v) is 6.50. The van der Waals surface area contributed by atoms with E-state index in [-0.39, 0.29) is 0 Å². The molecule has 0 amide bonds. The topological polar surface area (TPSA) is 30.9 Å². The van der Waals surface area contributed by atoms with Gasteiger partial charge in [0.2, 0.25) is 0 Å². The highest BCUT2D eigenvalue weighted by molar-refractivity contribution is 5.80. The summed E-state index contributed by atoms with van der Waals surface area (Å²) in [4.78, 5) is 10.2. The fraction of sp³-hybridized carbons (Fsp3) is 0.696. The molecule has 1 aliphatic carbocycles. The molecule has 1 aromatic carbocycles. The Morgan fingerprint density at radius 3 is 2.44 bits per heavy atom. The van der Waals surface area contributed by atoms with Crippen molar-refractivity contribution in [2.45, 2.75) is 51.5 Å². The fourth-order valence-corrected chi connectivity index (χ4v) is 4.72. The third-order valence-electron chi connectivity index (χ3n) is 6.50. The van der Waals surface area contributed by atoms with Crippen molar-refractivity contribution in [3.8, 4) is 0 Å². The van der Waals surface area contributed by atoms with Gasteiger partial charge in [-0.25, -0.2) is 0 Å². The van der Waals surface area contributed by atoms with Gasteiger partial charge < -0.3 is 15.1 Å². The van der Waals surface area contributed by atoms with Gasteiger partial charge in [0.1, 0.15) is 0 Å². The molecule has 0 aromatic heterocycles. The summed E-state index contributed by atoms with van der Waals surface area (Å²) in [5, 5.41) is 3.55. The van der Waals surface area contributed by atoms with E-state index in [9.17, 15) is 0 Å². The molecule has 1 aromatic rings. The fourth-order valence-electron chi connectivity index (χ4n) is 4.72. The predicted molar refractivity (Wildman–Crippen MR) is 113 cm³/mol. The lowest BCUT2D eigenvalue weighted by Crippen LogP contribution is -2.46. The Labute approximate surface area is 165 Å². The maximum absolute atomic E-state index is 5.05. The van der Waals surface area contributed by atoms with E-state index in [0.29, 0.717) is 0 Å². The van der Waals surface area contributed by atoms with Crippen LogP contribution in [-0.4, -0.2) is 61.1 Å². The molecule has 1 atom stereocenters. The van der Waals surface area contributed by atoms with Gasteiger partial charge >= 0.3 is 0 Å². The minimum atomic E-state index is 0.759. The number of rotatable bonds is 6. The number of piperidine rings is 1. The molecule has 148 valence electrons. The Balaban J connectivity index is 1.26. The Kier molecular flexibility index (Phi) is 6.33. The highest BCUT2D eigenvalue weighted by Crippen LogP contribution is 2.31. The number of hydrogen-bond donors (Lipinski definition) is 1. The van der Waals surface area contributed by atoms with Gasteiger partial charge in [0.15, 0.2) is 5.96 Å². The summed E-state index contributed by atoms with van der Waals surface area (Å²) in [7, 11) is 0. The second-order valence-electron chi connectivity index (χ2n) is 8.70. The van der Waals surface area contributed by atoms with Gasteiger partial charge in [-0.1, -0.05) is 30.3 Å². The number of guanidine groups is 1. The summed E-state index contributed by atoms with van der Waals surface area (Å²) in [6.45, 7) is 8.99. The zero-order valence-electron chi connectivity index (χ0n) is 16.9. The van der Waals surface area contributed by atoms with Crippen molar-refractivity contribution in [2.75, 3.05) is 39.3 Å². The largest absolute Gasteiger partial charge is 0.357 e. The molecule has 4 rings (SSSR count). The van der Waals surface area contributed by atoms with E-state index in [1.54, 1.807) is 0 Å². The summed E-state index contributed by atoms with van der Waals surface area (Å²) in [6, 6.07) is 11.9. The van der Waals surface area contributed by atoms with Crippen LogP contribution in [0.1, 0.15) is 44.6 Å². The maximum Gasteiger partial charge on any atom is 0.193 e. The standard InChI is InChI=1S/C23H36N4/c1-2-24-23(25-17-21-12-15-27(18-21)22-8-9-22)26-13-10-20(11-14-26)16-19-6-4-3-5-7-19/h3-7,20-22H,2,8-18H2,1H3,(H,24,25). The number of hydrogen-bond acceptors (Lipinski definition) is 2. The van der Waals surface area contributed by atoms with Crippen LogP contribution >= 0.6 is 0 Å². The SMILES string of the molecule is CCNC(=NCC1CCN(C2CC2)C1)N1CCC(Cc2ccccc2)CC1. The van der Waals surface area contributed by atoms with Crippen LogP contribution < -0.4 is 5.32 Å². The highest BCUT2D eigenvalue weighted by atomic mass is 15.3. The zero-order chi connectivity index (χ0) is 18.5. The van der Waals surface area contributed by atoms with Gasteiger partial charge in [-0.05, 0) is 69.4 Å². The second-order valence-corrected chi connectivity index (χ2v) is 8.70. The van der Waals surface area contributed by atoms with E-state index in [2.05, 4.69) is 52.4 Å². The molecule has 1 unspecified atom stereocenters. The van der Waals surface area contributed by atoms with Crippen LogP contribution in [-0.2, 0) is 6.42 Å². The van der Waals surface area contributed by atoms with E-state index in [1.807, 2.05) is 0 Å². The molecule has 1 N–H and O–H groups in total. The van der Waals surface area contributed by atoms with Crippen LogP contribution in [0.2, 0.25) is 0 Å². The summed E-state index contributed by atoms with van der Waals surface area (Å²) >= 11 is 0. The van der Waals surface area contributed by atoms with Crippen molar-refractivity contribution in [1.29, 1.82) is 0 Å². The van der Waals surface area contributed by atoms with Crippen molar-refractivity contribution >= 4 is 5.96 Å². The molecular weight excluding hydrogens is 332 g/mol. The van der Waals surface area contributed by atoms with Crippen molar-refractivity contribution in [3.05, 3.63) is 35.9 Å². The van der Waals surface area contributed by atoms with E-state index in [1.165, 1.54) is 57.2 Å². The Morgan fingerprint density at radius 1 is 1.00 bits per heavy atom. The van der Waals surface area contributed by atoms with Crippen LogP contribution in [0.25, 0.3) is 0 Å². The summed E-state index contributed by atoms with van der Waals surface area (Å²) < 4.78 is 0. The molecule has 3 fully saturated rings. The third kappa shape index (κ3) is 5.25. The van der Waals surface area contributed by atoms with Crippen LogP contribution in [0.3, 0.4) is 0 Å². The number of nitrogens with zero attached hydrogens (tertiary/aromatic N) is 3. The van der Waals surface area contributed by atoms with Gasteiger partial charge in [-0.3, -0.25) is 4.99 Å². The molecule has 0 radical (unpaired) electrons. The van der Waals surface area contributed by atoms with E-state index in [0.717, 1.165) is 50.0 Å². The molecule has 4 heteroatoms. The first-order valence-corrected chi connectivity index (χ1v) is 11.1. The molecular formula is C23H36N4. The molecule has 2 heterocycles. The van der Waals surface area contributed by atoms with Gasteiger partial charge in [-0.15, -0.1) is 0 Å². The molecule has 1 saturated carbocycles. The molecule has 27 heavy (non-hydrogen) atoms. The lowest BCUT2D eigenvalue weighted by Gasteiger charge is -2.34. The Bertz CT molecular complexity index is 602. The van der Waals surface area contributed by atoms with Crippen LogP contribution in [0.4, 0.5) is 0 Å². The number of aliphatic imine (C=N–C) groups is 1. The predicted octanol–water partition coefficient (Wildman–Crippen LogP) is 3.39. The van der Waals surface area contributed by atoms with Crippen molar-refractivity contribution < 1.29 is 0 Å². The molecule has 0 spiro atoms. The first kappa shape index (κ1) is 18.8. The Hall–Kier alpha value is -1.55. The maximum atomic E-state index is 5.05. The number of nitrogens with one attached hydrogen (secondary N) is 1. The van der Waals surface area contributed by atoms with Crippen molar-refractivity contribution in [1.82, 2.24) is 15.1 Å². The minimum Gasteiger partial charge on any atom is -0.357 e. The quantitative estimate of drug-likeness (QED) is 0.617.